The fraction of sp³-hybridized carbons (Fsp3) is 0.167. The van der Waals surface area contributed by atoms with Gasteiger partial charge in [-0.05, 0) is 54.6 Å². The lowest BCUT2D eigenvalue weighted by molar-refractivity contribution is 0.0921. The molecule has 0 aliphatic carbocycles. The normalized spacial score (nSPS) is 10.9. The third-order valence-corrected chi connectivity index (χ3v) is 4.92. The van der Waals surface area contributed by atoms with Gasteiger partial charge in [-0.1, -0.05) is 0 Å². The molecule has 0 radical (unpaired) electrons. The highest BCUT2D eigenvalue weighted by molar-refractivity contribution is 7.12. The fourth-order valence-corrected chi connectivity index (χ4v) is 3.62. The second-order valence-electron chi connectivity index (χ2n) is 5.90. The average molecular weight is 380 g/mol. The Bertz CT molecular complexity index is 1050. The molecule has 0 aliphatic heterocycles. The summed E-state index contributed by atoms with van der Waals surface area (Å²) in [5, 5.41) is 13.8. The molecule has 0 unspecified atom stereocenters. The molecule has 8 nitrogen and oxygen atoms in total. The quantitative estimate of drug-likeness (QED) is 0.478. The van der Waals surface area contributed by atoms with Gasteiger partial charge >= 0.3 is 0 Å². The number of aromatic nitrogens is 6. The summed E-state index contributed by atoms with van der Waals surface area (Å²) in [6.07, 6.45) is 3.26. The number of nitrogens with zero attached hydrogens (tertiary/aromatic N) is 6. The zero-order valence-electron chi connectivity index (χ0n) is 14.7. The molecule has 3 heterocycles. The van der Waals surface area contributed by atoms with Gasteiger partial charge in [-0.3, -0.25) is 9.36 Å². The molecule has 0 aliphatic rings. The molecule has 9 heteroatoms. The Morgan fingerprint density at radius 1 is 1.22 bits per heavy atom. The van der Waals surface area contributed by atoms with Gasteiger partial charge in [0.1, 0.15) is 12.1 Å². The molecule has 4 rings (SSSR count). The lowest BCUT2D eigenvalue weighted by atomic mass is 10.1. The van der Waals surface area contributed by atoms with Crippen molar-refractivity contribution in [1.82, 2.24) is 29.8 Å². The van der Waals surface area contributed by atoms with Gasteiger partial charge in [0.15, 0.2) is 11.7 Å². The predicted molar refractivity (Wildman–Crippen MR) is 99.9 cm³/mol. The van der Waals surface area contributed by atoms with Crippen LogP contribution in [0.1, 0.15) is 21.7 Å². The smallest absolute Gasteiger partial charge is 0.202 e. The number of ether oxygens (including phenoxy) is 1. The highest BCUT2D eigenvalue weighted by Crippen LogP contribution is 2.23. The van der Waals surface area contributed by atoms with E-state index < -0.39 is 0 Å². The van der Waals surface area contributed by atoms with Gasteiger partial charge in [0.2, 0.25) is 5.78 Å². The van der Waals surface area contributed by atoms with E-state index in [9.17, 15) is 4.79 Å². The predicted octanol–water partition coefficient (Wildman–Crippen LogP) is 2.79. The van der Waals surface area contributed by atoms with Crippen LogP contribution >= 0.6 is 11.3 Å². The van der Waals surface area contributed by atoms with Crippen LogP contribution in [0.25, 0.3) is 10.8 Å². The molecule has 0 bridgehead atoms. The summed E-state index contributed by atoms with van der Waals surface area (Å²) < 4.78 is 9.19. The van der Waals surface area contributed by atoms with Crippen LogP contribution in [0.4, 0.5) is 0 Å². The van der Waals surface area contributed by atoms with Crippen molar-refractivity contribution in [2.24, 2.45) is 0 Å². The van der Waals surface area contributed by atoms with Crippen LogP contribution in [0.5, 0.6) is 5.75 Å². The maximum Gasteiger partial charge on any atom is 0.202 e. The van der Waals surface area contributed by atoms with Crippen LogP contribution in [-0.4, -0.2) is 42.1 Å². The van der Waals surface area contributed by atoms with Crippen LogP contribution in [-0.2, 0) is 0 Å². The zero-order chi connectivity index (χ0) is 18.8. The molecule has 0 fully saturated rings. The number of carbonyl (C=O) groups excluding carboxylic acids is 1. The molecule has 0 atom stereocenters. The lowest BCUT2D eigenvalue weighted by Gasteiger charge is -2.07. The molecule has 0 saturated carbocycles. The monoisotopic (exact) mass is 380 g/mol. The van der Waals surface area contributed by atoms with Gasteiger partial charge in [-0.2, -0.15) is 0 Å². The van der Waals surface area contributed by atoms with Crippen LogP contribution in [0, 0.1) is 13.8 Å². The van der Waals surface area contributed by atoms with E-state index in [1.807, 2.05) is 42.0 Å². The van der Waals surface area contributed by atoms with E-state index in [1.54, 1.807) is 23.0 Å². The number of rotatable bonds is 6. The number of Topliss-reactive ketones (excluding diaryl/α,β-unsaturated/α-hetero) is 1. The minimum atomic E-state index is -0.0736. The van der Waals surface area contributed by atoms with Crippen LogP contribution in [0.2, 0.25) is 0 Å². The standard InChI is InChI=1S/C18H16N6O2S/c1-12-9-16(13(2)24(12)18-19-7-8-27-18)17(25)10-26-15-5-3-14(4-6-15)23-11-20-21-22-23/h3-9,11H,10H2,1-2H3. The van der Waals surface area contributed by atoms with E-state index in [2.05, 4.69) is 20.5 Å². The number of benzene rings is 1. The second kappa shape index (κ2) is 7.12. The highest BCUT2D eigenvalue weighted by Gasteiger charge is 2.18. The summed E-state index contributed by atoms with van der Waals surface area (Å²) >= 11 is 1.53. The number of ketones is 1. The second-order valence-corrected chi connectivity index (χ2v) is 6.77. The Morgan fingerprint density at radius 3 is 2.70 bits per heavy atom. The van der Waals surface area contributed by atoms with Crippen molar-refractivity contribution >= 4 is 17.1 Å². The third kappa shape index (κ3) is 3.36. The van der Waals surface area contributed by atoms with Crippen LogP contribution in [0.15, 0.2) is 48.2 Å². The number of carbonyl (C=O) groups is 1. The maximum absolute atomic E-state index is 12.6. The molecule has 136 valence electrons. The Morgan fingerprint density at radius 2 is 2.04 bits per heavy atom. The molecule has 0 saturated heterocycles. The molecular formula is C18H16N6O2S. The largest absolute Gasteiger partial charge is 0.485 e. The van der Waals surface area contributed by atoms with Crippen molar-refractivity contribution in [3.05, 3.63) is 65.2 Å². The lowest BCUT2D eigenvalue weighted by Crippen LogP contribution is -2.12. The Hall–Kier alpha value is -3.33. The van der Waals surface area contributed by atoms with Gasteiger partial charge in [0.25, 0.3) is 0 Å². The van der Waals surface area contributed by atoms with E-state index in [1.165, 1.54) is 17.7 Å². The number of thiazole rings is 1. The summed E-state index contributed by atoms with van der Waals surface area (Å²) in [7, 11) is 0. The number of hydrogen-bond donors (Lipinski definition) is 0. The van der Waals surface area contributed by atoms with Crippen molar-refractivity contribution in [2.75, 3.05) is 6.61 Å². The third-order valence-electron chi connectivity index (χ3n) is 4.16. The summed E-state index contributed by atoms with van der Waals surface area (Å²) in [5.41, 5.74) is 3.29. The summed E-state index contributed by atoms with van der Waals surface area (Å²) in [6.45, 7) is 3.85. The van der Waals surface area contributed by atoms with Crippen molar-refractivity contribution in [3.8, 4) is 16.6 Å². The summed E-state index contributed by atoms with van der Waals surface area (Å²) in [4.78, 5) is 17.0. The minimum Gasteiger partial charge on any atom is -0.485 e. The van der Waals surface area contributed by atoms with Gasteiger partial charge in [-0.15, -0.1) is 16.4 Å². The van der Waals surface area contributed by atoms with E-state index in [0.29, 0.717) is 11.3 Å². The summed E-state index contributed by atoms with van der Waals surface area (Å²) in [5.74, 6) is 0.532. The minimum absolute atomic E-state index is 0.0353. The first-order chi connectivity index (χ1) is 13.1. The molecule has 0 spiro atoms. The number of tetrazole rings is 1. The average Bonchev–Trinajstić information content (AvgIpc) is 3.42. The Kier molecular flexibility index (Phi) is 4.51. The van der Waals surface area contributed by atoms with Gasteiger partial charge in [0.05, 0.1) is 5.69 Å². The number of hydrogen-bond acceptors (Lipinski definition) is 7. The highest BCUT2D eigenvalue weighted by atomic mass is 32.1. The van der Waals surface area contributed by atoms with E-state index in [-0.39, 0.29) is 12.4 Å². The number of aryl methyl sites for hydroxylation is 1. The van der Waals surface area contributed by atoms with Crippen LogP contribution < -0.4 is 4.74 Å². The van der Waals surface area contributed by atoms with E-state index >= 15 is 0 Å². The van der Waals surface area contributed by atoms with Crippen molar-refractivity contribution in [3.63, 3.8) is 0 Å². The Labute approximate surface area is 159 Å². The summed E-state index contributed by atoms with van der Waals surface area (Å²) in [6, 6.07) is 9.09. The SMILES string of the molecule is Cc1cc(C(=O)COc2ccc(-n3cnnn3)cc2)c(C)n1-c1nccs1. The van der Waals surface area contributed by atoms with Crippen molar-refractivity contribution < 1.29 is 9.53 Å². The molecule has 3 aromatic heterocycles. The Balaban J connectivity index is 1.46. The zero-order valence-corrected chi connectivity index (χ0v) is 15.6. The fourth-order valence-electron chi connectivity index (χ4n) is 2.87. The van der Waals surface area contributed by atoms with E-state index in [0.717, 1.165) is 22.2 Å². The first kappa shape index (κ1) is 17.1. The van der Waals surface area contributed by atoms with Crippen molar-refractivity contribution in [1.29, 1.82) is 0 Å². The van der Waals surface area contributed by atoms with Crippen LogP contribution in [0.3, 0.4) is 0 Å². The topological polar surface area (TPSA) is 87.7 Å². The van der Waals surface area contributed by atoms with Crippen molar-refractivity contribution in [2.45, 2.75) is 13.8 Å². The van der Waals surface area contributed by atoms with Gasteiger partial charge < -0.3 is 4.74 Å². The van der Waals surface area contributed by atoms with Gasteiger partial charge in [-0.25, -0.2) is 9.67 Å². The van der Waals surface area contributed by atoms with Gasteiger partial charge in [0, 0.05) is 28.5 Å². The first-order valence-electron chi connectivity index (χ1n) is 8.21. The maximum atomic E-state index is 12.6. The molecule has 1 aromatic carbocycles. The molecular weight excluding hydrogens is 364 g/mol. The molecule has 27 heavy (non-hydrogen) atoms. The molecule has 0 N–H and O–H groups in total. The van der Waals surface area contributed by atoms with E-state index in [4.69, 9.17) is 4.74 Å². The first-order valence-corrected chi connectivity index (χ1v) is 9.09. The molecule has 4 aromatic rings. The molecule has 0 amide bonds.